The number of methoxy groups -OCH3 is 1. The van der Waals surface area contributed by atoms with Crippen molar-refractivity contribution in [2.75, 3.05) is 26.1 Å². The van der Waals surface area contributed by atoms with Gasteiger partial charge in [0, 0.05) is 30.7 Å². The highest BCUT2D eigenvalue weighted by molar-refractivity contribution is 7.09. The van der Waals surface area contributed by atoms with Crippen LogP contribution in [0.25, 0.3) is 0 Å². The molecule has 5 heteroatoms. The van der Waals surface area contributed by atoms with Crippen LogP contribution in [-0.4, -0.2) is 26.2 Å². The minimum atomic E-state index is 0.799. The SMILES string of the molecule is CNCc1nc(CN(C)c2cccc(OC)c2)cs1. The number of rotatable bonds is 6. The number of nitrogens with zero attached hydrogens (tertiary/aromatic N) is 2. The number of ether oxygens (including phenoxy) is 1. The number of benzene rings is 1. The maximum atomic E-state index is 5.24. The Hall–Kier alpha value is -1.59. The van der Waals surface area contributed by atoms with Crippen LogP contribution in [0.15, 0.2) is 29.6 Å². The molecule has 1 aromatic heterocycles. The molecule has 0 unspecified atom stereocenters. The Balaban J connectivity index is 2.04. The van der Waals surface area contributed by atoms with Crippen molar-refractivity contribution >= 4 is 17.0 Å². The molecule has 0 saturated heterocycles. The summed E-state index contributed by atoms with van der Waals surface area (Å²) in [7, 11) is 5.68. The average Bonchev–Trinajstić information content (AvgIpc) is 2.86. The summed E-state index contributed by atoms with van der Waals surface area (Å²) in [5.41, 5.74) is 2.23. The van der Waals surface area contributed by atoms with E-state index in [-0.39, 0.29) is 0 Å². The predicted octanol–water partition coefficient (Wildman–Crippen LogP) is 2.51. The zero-order valence-electron chi connectivity index (χ0n) is 11.5. The predicted molar refractivity (Wildman–Crippen MR) is 80.0 cm³/mol. The second kappa shape index (κ2) is 6.54. The van der Waals surface area contributed by atoms with Crippen molar-refractivity contribution in [3.8, 4) is 5.75 Å². The van der Waals surface area contributed by atoms with E-state index in [0.717, 1.165) is 35.2 Å². The molecule has 0 atom stereocenters. The quantitative estimate of drug-likeness (QED) is 0.880. The van der Waals surface area contributed by atoms with Gasteiger partial charge in [0.2, 0.25) is 0 Å². The van der Waals surface area contributed by atoms with Crippen LogP contribution in [0, 0.1) is 0 Å². The van der Waals surface area contributed by atoms with Crippen LogP contribution in [-0.2, 0) is 13.1 Å². The van der Waals surface area contributed by atoms with Gasteiger partial charge in [-0.05, 0) is 19.2 Å². The molecule has 0 bridgehead atoms. The van der Waals surface area contributed by atoms with Gasteiger partial charge in [0.25, 0.3) is 0 Å². The normalized spacial score (nSPS) is 10.5. The highest BCUT2D eigenvalue weighted by atomic mass is 32.1. The van der Waals surface area contributed by atoms with Crippen LogP contribution in [0.1, 0.15) is 10.7 Å². The molecule has 2 aromatic rings. The van der Waals surface area contributed by atoms with Crippen LogP contribution in [0.4, 0.5) is 5.69 Å². The fourth-order valence-corrected chi connectivity index (χ4v) is 2.63. The van der Waals surface area contributed by atoms with Gasteiger partial charge >= 0.3 is 0 Å². The van der Waals surface area contributed by atoms with E-state index < -0.39 is 0 Å². The van der Waals surface area contributed by atoms with Crippen LogP contribution >= 0.6 is 11.3 Å². The topological polar surface area (TPSA) is 37.4 Å². The summed E-state index contributed by atoms with van der Waals surface area (Å²) in [6.45, 7) is 1.63. The number of nitrogens with one attached hydrogen (secondary N) is 1. The highest BCUT2D eigenvalue weighted by Gasteiger charge is 2.06. The van der Waals surface area contributed by atoms with Gasteiger partial charge in [0.15, 0.2) is 0 Å². The van der Waals surface area contributed by atoms with Gasteiger partial charge in [0.05, 0.1) is 19.3 Å². The number of thiazole rings is 1. The minimum Gasteiger partial charge on any atom is -0.497 e. The lowest BCUT2D eigenvalue weighted by molar-refractivity contribution is 0.415. The Morgan fingerprint density at radius 2 is 2.26 bits per heavy atom. The first-order chi connectivity index (χ1) is 9.22. The summed E-state index contributed by atoms with van der Waals surface area (Å²) >= 11 is 1.69. The third kappa shape index (κ3) is 3.68. The molecular formula is C14H19N3OS. The van der Waals surface area contributed by atoms with E-state index in [4.69, 9.17) is 4.74 Å². The zero-order chi connectivity index (χ0) is 13.7. The van der Waals surface area contributed by atoms with E-state index in [1.165, 1.54) is 0 Å². The minimum absolute atomic E-state index is 0.799. The molecule has 0 aliphatic rings. The molecule has 2 rings (SSSR count). The fourth-order valence-electron chi connectivity index (χ4n) is 1.84. The molecule has 0 aliphatic carbocycles. The van der Waals surface area contributed by atoms with E-state index in [0.29, 0.717) is 0 Å². The molecule has 0 spiro atoms. The molecule has 0 saturated carbocycles. The van der Waals surface area contributed by atoms with E-state index in [1.54, 1.807) is 18.4 Å². The van der Waals surface area contributed by atoms with Crippen LogP contribution < -0.4 is 15.0 Å². The van der Waals surface area contributed by atoms with Crippen molar-refractivity contribution < 1.29 is 4.74 Å². The summed E-state index contributed by atoms with van der Waals surface area (Å²) in [5, 5.41) is 6.35. The molecule has 4 nitrogen and oxygen atoms in total. The molecular weight excluding hydrogens is 258 g/mol. The largest absolute Gasteiger partial charge is 0.497 e. The van der Waals surface area contributed by atoms with E-state index in [1.807, 2.05) is 25.2 Å². The van der Waals surface area contributed by atoms with Crippen LogP contribution in [0.3, 0.4) is 0 Å². The summed E-state index contributed by atoms with van der Waals surface area (Å²) in [5.74, 6) is 0.874. The van der Waals surface area contributed by atoms with Gasteiger partial charge in [-0.25, -0.2) is 4.98 Å². The number of aromatic nitrogens is 1. The maximum Gasteiger partial charge on any atom is 0.120 e. The van der Waals surface area contributed by atoms with Crippen molar-refractivity contribution in [3.63, 3.8) is 0 Å². The summed E-state index contributed by atoms with van der Waals surface area (Å²) in [6.07, 6.45) is 0. The molecule has 102 valence electrons. The van der Waals surface area contributed by atoms with Crippen molar-refractivity contribution in [2.24, 2.45) is 0 Å². The van der Waals surface area contributed by atoms with Gasteiger partial charge in [-0.3, -0.25) is 0 Å². The van der Waals surface area contributed by atoms with E-state index >= 15 is 0 Å². The molecule has 0 amide bonds. The molecule has 19 heavy (non-hydrogen) atoms. The Labute approximate surface area is 118 Å². The van der Waals surface area contributed by atoms with Crippen molar-refractivity contribution in [1.82, 2.24) is 10.3 Å². The Morgan fingerprint density at radius 1 is 1.42 bits per heavy atom. The van der Waals surface area contributed by atoms with Gasteiger partial charge in [0.1, 0.15) is 10.8 Å². The van der Waals surface area contributed by atoms with Gasteiger partial charge < -0.3 is 15.0 Å². The van der Waals surface area contributed by atoms with Crippen molar-refractivity contribution in [2.45, 2.75) is 13.1 Å². The monoisotopic (exact) mass is 277 g/mol. The third-order valence-corrected chi connectivity index (χ3v) is 3.72. The smallest absolute Gasteiger partial charge is 0.120 e. The second-order valence-electron chi connectivity index (χ2n) is 4.32. The summed E-state index contributed by atoms with van der Waals surface area (Å²) in [4.78, 5) is 6.76. The van der Waals surface area contributed by atoms with Gasteiger partial charge in [-0.15, -0.1) is 11.3 Å². The first kappa shape index (κ1) is 13.8. The molecule has 1 heterocycles. The standard InChI is InChI=1S/C14H19N3OS/c1-15-8-14-16-11(10-19-14)9-17(2)12-5-4-6-13(7-12)18-3/h4-7,10,15H,8-9H2,1-3H3. The third-order valence-electron chi connectivity index (χ3n) is 2.82. The zero-order valence-corrected chi connectivity index (χ0v) is 12.3. The fraction of sp³-hybridized carbons (Fsp3) is 0.357. The first-order valence-corrected chi connectivity index (χ1v) is 7.04. The lowest BCUT2D eigenvalue weighted by Crippen LogP contribution is -2.16. The van der Waals surface area contributed by atoms with Crippen molar-refractivity contribution in [1.29, 1.82) is 0 Å². The number of anilines is 1. The maximum absolute atomic E-state index is 5.24. The average molecular weight is 277 g/mol. The molecule has 1 N–H and O–H groups in total. The van der Waals surface area contributed by atoms with Gasteiger partial charge in [-0.2, -0.15) is 0 Å². The molecule has 0 fully saturated rings. The van der Waals surface area contributed by atoms with E-state index in [9.17, 15) is 0 Å². The van der Waals surface area contributed by atoms with Crippen molar-refractivity contribution in [3.05, 3.63) is 40.3 Å². The summed E-state index contributed by atoms with van der Waals surface area (Å²) < 4.78 is 5.24. The number of hydrogen-bond acceptors (Lipinski definition) is 5. The Bertz CT molecular complexity index is 527. The molecule has 0 aliphatic heterocycles. The summed E-state index contributed by atoms with van der Waals surface area (Å²) in [6, 6.07) is 8.05. The lowest BCUT2D eigenvalue weighted by atomic mass is 10.2. The van der Waals surface area contributed by atoms with Crippen LogP contribution in [0.2, 0.25) is 0 Å². The second-order valence-corrected chi connectivity index (χ2v) is 5.26. The Kier molecular flexibility index (Phi) is 4.76. The lowest BCUT2D eigenvalue weighted by Gasteiger charge is -2.18. The Morgan fingerprint density at radius 3 is 3.00 bits per heavy atom. The molecule has 1 aromatic carbocycles. The first-order valence-electron chi connectivity index (χ1n) is 6.16. The number of hydrogen-bond donors (Lipinski definition) is 1. The van der Waals surface area contributed by atoms with E-state index in [2.05, 4.69) is 33.7 Å². The van der Waals surface area contributed by atoms with Gasteiger partial charge in [-0.1, -0.05) is 6.07 Å². The highest BCUT2D eigenvalue weighted by Crippen LogP contribution is 2.21. The molecule has 0 radical (unpaired) electrons. The van der Waals surface area contributed by atoms with Crippen LogP contribution in [0.5, 0.6) is 5.75 Å².